The van der Waals surface area contributed by atoms with Gasteiger partial charge in [0.25, 0.3) is 0 Å². The average Bonchev–Trinajstić information content (AvgIpc) is 2.87. The molecule has 0 saturated carbocycles. The molecule has 4 rings (SSSR count). The van der Waals surface area contributed by atoms with Crippen molar-refractivity contribution >= 4 is 5.97 Å². The summed E-state index contributed by atoms with van der Waals surface area (Å²) in [7, 11) is 0. The van der Waals surface area contributed by atoms with Gasteiger partial charge in [0.2, 0.25) is 0 Å². The van der Waals surface area contributed by atoms with Crippen LogP contribution < -0.4 is 10.5 Å². The smallest absolute Gasteiger partial charge is 0.338 e. The van der Waals surface area contributed by atoms with E-state index in [9.17, 15) is 4.79 Å². The standard InChI is InChI=1S/C32H39NO3/c1-6-35-30(34)23-10-8-22(9-11-23)24-13-15-29(36-19-7-18-33)26(20-24)25-12-14-27-28(21-25)32(4,5)17-16-31(27,2)3/h8-15,20-21H,6-7,16-19,33H2,1-5H3. The van der Waals surface area contributed by atoms with E-state index in [1.807, 2.05) is 31.2 Å². The number of nitrogens with two attached hydrogens (primary N) is 1. The van der Waals surface area contributed by atoms with Crippen molar-refractivity contribution in [2.24, 2.45) is 5.73 Å². The summed E-state index contributed by atoms with van der Waals surface area (Å²) in [6, 6.07) is 20.8. The minimum atomic E-state index is -0.298. The third-order valence-corrected chi connectivity index (χ3v) is 7.48. The van der Waals surface area contributed by atoms with Crippen LogP contribution in [0.4, 0.5) is 0 Å². The molecule has 4 nitrogen and oxygen atoms in total. The normalized spacial score (nSPS) is 15.7. The zero-order valence-electron chi connectivity index (χ0n) is 22.3. The lowest BCUT2D eigenvalue weighted by Gasteiger charge is -2.42. The minimum Gasteiger partial charge on any atom is -0.493 e. The van der Waals surface area contributed by atoms with Gasteiger partial charge in [-0.1, -0.05) is 64.1 Å². The number of hydrogen-bond acceptors (Lipinski definition) is 4. The van der Waals surface area contributed by atoms with Crippen molar-refractivity contribution in [3.8, 4) is 28.0 Å². The number of fused-ring (bicyclic) bond motifs is 1. The Bertz CT molecular complexity index is 1220. The maximum absolute atomic E-state index is 12.1. The molecule has 0 atom stereocenters. The van der Waals surface area contributed by atoms with Crippen LogP contribution in [0.5, 0.6) is 5.75 Å². The summed E-state index contributed by atoms with van der Waals surface area (Å²) in [5.41, 5.74) is 13.8. The Kier molecular flexibility index (Phi) is 7.56. The Morgan fingerprint density at radius 2 is 1.47 bits per heavy atom. The SMILES string of the molecule is CCOC(=O)c1ccc(-c2ccc(OCCCN)c(-c3ccc4c(c3)C(C)(C)CCC4(C)C)c2)cc1. The van der Waals surface area contributed by atoms with Crippen molar-refractivity contribution in [2.75, 3.05) is 19.8 Å². The van der Waals surface area contributed by atoms with Crippen molar-refractivity contribution in [1.29, 1.82) is 0 Å². The minimum absolute atomic E-state index is 0.127. The van der Waals surface area contributed by atoms with Crippen molar-refractivity contribution in [3.05, 3.63) is 77.4 Å². The molecule has 0 radical (unpaired) electrons. The third kappa shape index (κ3) is 5.34. The lowest BCUT2D eigenvalue weighted by Crippen LogP contribution is -2.33. The molecule has 0 bridgehead atoms. The predicted molar refractivity (Wildman–Crippen MR) is 148 cm³/mol. The van der Waals surface area contributed by atoms with Crippen LogP contribution in [0.25, 0.3) is 22.3 Å². The molecule has 0 amide bonds. The highest BCUT2D eigenvalue weighted by atomic mass is 16.5. The summed E-state index contributed by atoms with van der Waals surface area (Å²) < 4.78 is 11.3. The number of ether oxygens (including phenoxy) is 2. The molecule has 1 aliphatic carbocycles. The molecule has 0 unspecified atom stereocenters. The number of benzene rings is 3. The van der Waals surface area contributed by atoms with E-state index in [1.54, 1.807) is 0 Å². The molecule has 3 aromatic rings. The first-order valence-corrected chi connectivity index (χ1v) is 13.1. The van der Waals surface area contributed by atoms with Crippen LogP contribution in [0.2, 0.25) is 0 Å². The zero-order valence-corrected chi connectivity index (χ0v) is 22.3. The highest BCUT2D eigenvalue weighted by Crippen LogP contribution is 2.47. The fourth-order valence-corrected chi connectivity index (χ4v) is 5.10. The lowest BCUT2D eigenvalue weighted by atomic mass is 9.63. The molecule has 1 aliphatic rings. The summed E-state index contributed by atoms with van der Waals surface area (Å²) in [6.45, 7) is 12.8. The van der Waals surface area contributed by atoms with E-state index in [-0.39, 0.29) is 16.8 Å². The van der Waals surface area contributed by atoms with Crippen molar-refractivity contribution in [2.45, 2.75) is 64.7 Å². The Morgan fingerprint density at radius 1 is 0.833 bits per heavy atom. The third-order valence-electron chi connectivity index (χ3n) is 7.48. The molecule has 36 heavy (non-hydrogen) atoms. The van der Waals surface area contributed by atoms with Gasteiger partial charge in [-0.05, 0) is 95.6 Å². The zero-order chi connectivity index (χ0) is 25.9. The van der Waals surface area contributed by atoms with Gasteiger partial charge in [-0.15, -0.1) is 0 Å². The average molecular weight is 486 g/mol. The fourth-order valence-electron chi connectivity index (χ4n) is 5.10. The molecule has 0 saturated heterocycles. The maximum atomic E-state index is 12.1. The quantitative estimate of drug-likeness (QED) is 0.269. The van der Waals surface area contributed by atoms with Crippen LogP contribution in [0.15, 0.2) is 60.7 Å². The predicted octanol–water partition coefficient (Wildman–Crippen LogP) is 7.27. The molecule has 190 valence electrons. The van der Waals surface area contributed by atoms with Crippen LogP contribution in [0.1, 0.15) is 75.4 Å². The second-order valence-electron chi connectivity index (χ2n) is 11.0. The van der Waals surface area contributed by atoms with Crippen LogP contribution in [-0.4, -0.2) is 25.7 Å². The first kappa shape index (κ1) is 26.0. The topological polar surface area (TPSA) is 61.5 Å². The van der Waals surface area contributed by atoms with Crippen molar-refractivity contribution < 1.29 is 14.3 Å². The number of hydrogen-bond donors (Lipinski definition) is 1. The molecule has 2 N–H and O–H groups in total. The second-order valence-corrected chi connectivity index (χ2v) is 11.0. The summed E-state index contributed by atoms with van der Waals surface area (Å²) in [4.78, 5) is 12.1. The Hall–Kier alpha value is -3.11. The summed E-state index contributed by atoms with van der Waals surface area (Å²) in [6.07, 6.45) is 3.17. The Balaban J connectivity index is 1.77. The molecular formula is C32H39NO3. The Labute approximate surface area is 215 Å². The molecule has 0 spiro atoms. The summed E-state index contributed by atoms with van der Waals surface area (Å²) >= 11 is 0. The number of rotatable bonds is 8. The van der Waals surface area contributed by atoms with Gasteiger partial charge in [0.05, 0.1) is 18.8 Å². The van der Waals surface area contributed by atoms with Crippen molar-refractivity contribution in [1.82, 2.24) is 0 Å². The molecule has 0 aliphatic heterocycles. The number of carbonyl (C=O) groups is 1. The maximum Gasteiger partial charge on any atom is 0.338 e. The highest BCUT2D eigenvalue weighted by molar-refractivity contribution is 5.90. The van der Waals surface area contributed by atoms with Gasteiger partial charge >= 0.3 is 5.97 Å². The number of carbonyl (C=O) groups excluding carboxylic acids is 1. The van der Waals surface area contributed by atoms with E-state index in [4.69, 9.17) is 15.2 Å². The van der Waals surface area contributed by atoms with Crippen LogP contribution in [0, 0.1) is 0 Å². The van der Waals surface area contributed by atoms with E-state index < -0.39 is 0 Å². The lowest BCUT2D eigenvalue weighted by molar-refractivity contribution is 0.0526. The van der Waals surface area contributed by atoms with Gasteiger partial charge in [0, 0.05) is 5.56 Å². The first-order valence-electron chi connectivity index (χ1n) is 13.1. The highest BCUT2D eigenvalue weighted by Gasteiger charge is 2.37. The van der Waals surface area contributed by atoms with Gasteiger partial charge in [-0.25, -0.2) is 4.79 Å². The molecule has 0 heterocycles. The van der Waals surface area contributed by atoms with Gasteiger partial charge in [-0.2, -0.15) is 0 Å². The van der Waals surface area contributed by atoms with E-state index in [0.717, 1.165) is 34.4 Å². The first-order chi connectivity index (χ1) is 17.2. The molecular weight excluding hydrogens is 446 g/mol. The van der Waals surface area contributed by atoms with Crippen molar-refractivity contribution in [3.63, 3.8) is 0 Å². The largest absolute Gasteiger partial charge is 0.493 e. The molecule has 3 aromatic carbocycles. The van der Waals surface area contributed by atoms with Gasteiger partial charge in [-0.3, -0.25) is 0 Å². The van der Waals surface area contributed by atoms with E-state index >= 15 is 0 Å². The van der Waals surface area contributed by atoms with Crippen LogP contribution in [-0.2, 0) is 15.6 Å². The molecule has 4 heteroatoms. The van der Waals surface area contributed by atoms with E-state index in [1.165, 1.54) is 24.0 Å². The van der Waals surface area contributed by atoms with Gasteiger partial charge in [0.1, 0.15) is 5.75 Å². The van der Waals surface area contributed by atoms with E-state index in [2.05, 4.69) is 64.1 Å². The summed E-state index contributed by atoms with van der Waals surface area (Å²) in [5, 5.41) is 0. The van der Waals surface area contributed by atoms with E-state index in [0.29, 0.717) is 25.3 Å². The molecule has 0 aromatic heterocycles. The Morgan fingerprint density at radius 3 is 2.14 bits per heavy atom. The second kappa shape index (κ2) is 10.5. The van der Waals surface area contributed by atoms with Crippen LogP contribution in [0.3, 0.4) is 0 Å². The van der Waals surface area contributed by atoms with Gasteiger partial charge < -0.3 is 15.2 Å². The number of esters is 1. The monoisotopic (exact) mass is 485 g/mol. The van der Waals surface area contributed by atoms with Gasteiger partial charge in [0.15, 0.2) is 0 Å². The molecule has 0 fully saturated rings. The fraction of sp³-hybridized carbons (Fsp3) is 0.406. The summed E-state index contributed by atoms with van der Waals surface area (Å²) in [5.74, 6) is 0.566. The van der Waals surface area contributed by atoms with Crippen LogP contribution >= 0.6 is 0 Å².